The molecule has 1 aliphatic carbocycles. The van der Waals surface area contributed by atoms with Gasteiger partial charge in [0, 0.05) is 52.4 Å². The normalized spacial score (nSPS) is 14.7. The third kappa shape index (κ3) is 4.78. The van der Waals surface area contributed by atoms with Crippen LogP contribution in [0.3, 0.4) is 0 Å². The molecule has 7 aromatic carbocycles. The van der Waals surface area contributed by atoms with E-state index in [1.165, 1.54) is 89.8 Å². The molecule has 0 unspecified atom stereocenters. The Bertz CT molecular complexity index is 2430. The summed E-state index contributed by atoms with van der Waals surface area (Å²) in [5.41, 5.74) is 20.7. The smallest absolute Gasteiger partial charge is 0.0497 e. The minimum Gasteiger partial charge on any atom is -0.310 e. The van der Waals surface area contributed by atoms with Gasteiger partial charge in [0.15, 0.2) is 0 Å². The molecule has 2 nitrogen and oxygen atoms in total. The maximum atomic E-state index is 2.45. The summed E-state index contributed by atoms with van der Waals surface area (Å²) in [4.78, 5) is 4.85. The lowest BCUT2D eigenvalue weighted by Gasteiger charge is -2.34. The first kappa shape index (κ1) is 29.8. The van der Waals surface area contributed by atoms with Gasteiger partial charge in [0.2, 0.25) is 0 Å². The third-order valence-corrected chi connectivity index (χ3v) is 11.3. The minimum atomic E-state index is -0.123. The first-order valence-corrected chi connectivity index (χ1v) is 18.0. The molecule has 2 heterocycles. The number of hydrogen-bond donors (Lipinski definition) is 0. The van der Waals surface area contributed by atoms with Gasteiger partial charge in [-0.15, -0.1) is 0 Å². The number of hydrogen-bond acceptors (Lipinski definition) is 2. The Kier molecular flexibility index (Phi) is 6.69. The van der Waals surface area contributed by atoms with E-state index >= 15 is 0 Å². The lowest BCUT2D eigenvalue weighted by atomic mass is 9.81. The van der Waals surface area contributed by atoms with E-state index in [4.69, 9.17) is 0 Å². The highest BCUT2D eigenvalue weighted by Crippen LogP contribution is 2.52. The molecule has 0 saturated carbocycles. The van der Waals surface area contributed by atoms with Crippen LogP contribution in [0.25, 0.3) is 23.3 Å². The largest absolute Gasteiger partial charge is 0.310 e. The Hall–Kier alpha value is -6.12. The van der Waals surface area contributed by atoms with Crippen molar-refractivity contribution in [3.05, 3.63) is 202 Å². The fourth-order valence-corrected chi connectivity index (χ4v) is 8.65. The number of benzene rings is 7. The van der Waals surface area contributed by atoms with E-state index in [0.29, 0.717) is 0 Å². The quantitative estimate of drug-likeness (QED) is 0.174. The van der Waals surface area contributed by atoms with Crippen LogP contribution in [-0.2, 0) is 18.3 Å². The van der Waals surface area contributed by atoms with Gasteiger partial charge in [-0.25, -0.2) is 0 Å². The number of para-hydroxylation sites is 4. The van der Waals surface area contributed by atoms with Crippen LogP contribution in [0.1, 0.15) is 58.4 Å². The van der Waals surface area contributed by atoms with Crippen molar-refractivity contribution in [3.63, 3.8) is 0 Å². The van der Waals surface area contributed by atoms with Gasteiger partial charge in [-0.3, -0.25) is 0 Å². The monoisotopic (exact) mass is 654 g/mol. The van der Waals surface area contributed by atoms with E-state index in [9.17, 15) is 0 Å². The van der Waals surface area contributed by atoms with Gasteiger partial charge in [0.1, 0.15) is 0 Å². The van der Waals surface area contributed by atoms with Gasteiger partial charge in [0.05, 0.1) is 0 Å². The molecule has 0 spiro atoms. The van der Waals surface area contributed by atoms with Gasteiger partial charge in [-0.2, -0.15) is 0 Å². The molecule has 0 atom stereocenters. The molecule has 2 heteroatoms. The summed E-state index contributed by atoms with van der Waals surface area (Å²) in [6, 6.07) is 58.2. The summed E-state index contributed by atoms with van der Waals surface area (Å²) in [5.74, 6) is 0. The Labute approximate surface area is 300 Å². The average molecular weight is 655 g/mol. The van der Waals surface area contributed by atoms with E-state index in [1.807, 2.05) is 0 Å². The molecule has 244 valence electrons. The number of anilines is 6. The van der Waals surface area contributed by atoms with E-state index in [-0.39, 0.29) is 5.41 Å². The van der Waals surface area contributed by atoms with Gasteiger partial charge < -0.3 is 9.80 Å². The average Bonchev–Trinajstić information content (AvgIpc) is 3.40. The maximum Gasteiger partial charge on any atom is 0.0497 e. The molecule has 0 saturated heterocycles. The number of fused-ring (bicyclic) bond motifs is 7. The second-order valence-electron chi connectivity index (χ2n) is 14.6. The Morgan fingerprint density at radius 1 is 0.412 bits per heavy atom. The van der Waals surface area contributed by atoms with Crippen molar-refractivity contribution in [2.75, 3.05) is 9.80 Å². The predicted octanol–water partition coefficient (Wildman–Crippen LogP) is 12.9. The van der Waals surface area contributed by atoms with Crippen molar-refractivity contribution in [2.24, 2.45) is 0 Å². The van der Waals surface area contributed by atoms with Crippen molar-refractivity contribution < 1.29 is 0 Å². The van der Waals surface area contributed by atoms with Crippen molar-refractivity contribution in [1.29, 1.82) is 0 Å². The molecule has 0 fully saturated rings. The first-order valence-electron chi connectivity index (χ1n) is 18.0. The number of nitrogens with zero attached hydrogens (tertiary/aromatic N) is 2. The van der Waals surface area contributed by atoms with E-state index in [1.54, 1.807) is 0 Å². The van der Waals surface area contributed by atoms with E-state index in [2.05, 4.69) is 194 Å². The van der Waals surface area contributed by atoms with Crippen LogP contribution < -0.4 is 9.80 Å². The Morgan fingerprint density at radius 2 is 0.804 bits per heavy atom. The highest BCUT2D eigenvalue weighted by Gasteiger charge is 2.36. The van der Waals surface area contributed by atoms with Crippen LogP contribution >= 0.6 is 0 Å². The van der Waals surface area contributed by atoms with E-state index in [0.717, 1.165) is 12.8 Å². The van der Waals surface area contributed by atoms with Crippen LogP contribution in [0.15, 0.2) is 158 Å². The second kappa shape index (κ2) is 11.5. The van der Waals surface area contributed by atoms with Crippen LogP contribution in [-0.4, -0.2) is 0 Å². The van der Waals surface area contributed by atoms with Crippen molar-refractivity contribution in [1.82, 2.24) is 0 Å². The molecule has 0 N–H and O–H groups in total. The fraction of sp³-hybridized carbons (Fsp3) is 0.102. The highest BCUT2D eigenvalue weighted by atomic mass is 15.2. The zero-order valence-corrected chi connectivity index (χ0v) is 29.0. The van der Waals surface area contributed by atoms with Gasteiger partial charge in [-0.1, -0.05) is 135 Å². The Morgan fingerprint density at radius 3 is 1.33 bits per heavy atom. The standard InChI is InChI=1S/C49H38N2/c1-49(2)43-29-34(20-19-33-21-24-39(25-22-33)50-45-15-7-3-11-35(45)30-36-12-4-8-16-46(36)50)23-27-41(43)42-28-26-40(32-44(42)49)51-47-17-9-5-13-37(47)31-38-14-6-10-18-48(38)51/h3-29,32H,30-31H2,1-2H3/b20-19+. The van der Waals surface area contributed by atoms with Crippen molar-refractivity contribution >= 4 is 46.3 Å². The Balaban J connectivity index is 0.946. The molecule has 0 amide bonds. The number of rotatable bonds is 4. The lowest BCUT2D eigenvalue weighted by Crippen LogP contribution is -2.20. The van der Waals surface area contributed by atoms with Crippen molar-refractivity contribution in [3.8, 4) is 11.1 Å². The van der Waals surface area contributed by atoms with Gasteiger partial charge >= 0.3 is 0 Å². The summed E-state index contributed by atoms with van der Waals surface area (Å²) < 4.78 is 0. The summed E-state index contributed by atoms with van der Waals surface area (Å²) >= 11 is 0. The molecule has 0 radical (unpaired) electrons. The van der Waals surface area contributed by atoms with Gasteiger partial charge in [-0.05, 0) is 104 Å². The molecule has 3 aliphatic rings. The highest BCUT2D eigenvalue weighted by molar-refractivity contribution is 5.89. The van der Waals surface area contributed by atoms with Crippen molar-refractivity contribution in [2.45, 2.75) is 32.1 Å². The summed E-state index contributed by atoms with van der Waals surface area (Å²) in [6.07, 6.45) is 6.43. The van der Waals surface area contributed by atoms with Crippen LogP contribution in [0.5, 0.6) is 0 Å². The van der Waals surface area contributed by atoms with Crippen LogP contribution in [0.4, 0.5) is 34.1 Å². The molecule has 51 heavy (non-hydrogen) atoms. The second-order valence-corrected chi connectivity index (χ2v) is 14.6. The van der Waals surface area contributed by atoms with Crippen LogP contribution in [0, 0.1) is 0 Å². The topological polar surface area (TPSA) is 6.48 Å². The lowest BCUT2D eigenvalue weighted by molar-refractivity contribution is 0.660. The SMILES string of the molecule is CC1(C)c2cc(/C=C/c3ccc(N4c5ccccc5Cc5ccccc54)cc3)ccc2-c2ccc(N3c4ccccc4Cc4ccccc43)cc21. The summed E-state index contributed by atoms with van der Waals surface area (Å²) in [6.45, 7) is 4.76. The molecular weight excluding hydrogens is 617 g/mol. The zero-order valence-electron chi connectivity index (χ0n) is 29.0. The molecule has 2 aliphatic heterocycles. The van der Waals surface area contributed by atoms with Crippen LogP contribution in [0.2, 0.25) is 0 Å². The fourth-order valence-electron chi connectivity index (χ4n) is 8.65. The molecule has 0 aromatic heterocycles. The maximum absolute atomic E-state index is 2.45. The molecule has 0 bridgehead atoms. The minimum absolute atomic E-state index is 0.123. The molecular formula is C49H38N2. The summed E-state index contributed by atoms with van der Waals surface area (Å²) in [7, 11) is 0. The zero-order chi connectivity index (χ0) is 34.1. The third-order valence-electron chi connectivity index (χ3n) is 11.3. The summed E-state index contributed by atoms with van der Waals surface area (Å²) in [5, 5.41) is 0. The van der Waals surface area contributed by atoms with E-state index < -0.39 is 0 Å². The molecule has 10 rings (SSSR count). The molecule has 7 aromatic rings. The first-order chi connectivity index (χ1) is 25.0. The van der Waals surface area contributed by atoms with Gasteiger partial charge in [0.25, 0.3) is 0 Å². The predicted molar refractivity (Wildman–Crippen MR) is 214 cm³/mol.